The summed E-state index contributed by atoms with van der Waals surface area (Å²) in [7, 11) is 1.34. The molecule has 7 nitrogen and oxygen atoms in total. The van der Waals surface area contributed by atoms with Crippen LogP contribution in [0.25, 0.3) is 0 Å². The monoisotopic (exact) mass is 538 g/mol. The van der Waals surface area contributed by atoms with Gasteiger partial charge in [-0.15, -0.1) is 0 Å². The summed E-state index contributed by atoms with van der Waals surface area (Å²) < 4.78 is 21.6. The van der Waals surface area contributed by atoms with E-state index in [9.17, 15) is 14.7 Å². The van der Waals surface area contributed by atoms with Gasteiger partial charge in [0.1, 0.15) is 18.5 Å². The van der Waals surface area contributed by atoms with Crippen molar-refractivity contribution in [1.29, 1.82) is 0 Å². The number of unbranched alkanes of at least 4 members (excludes halogenated alkanes) is 2. The van der Waals surface area contributed by atoms with Gasteiger partial charge < -0.3 is 24.1 Å². The van der Waals surface area contributed by atoms with Crippen molar-refractivity contribution in [3.05, 3.63) is 65.2 Å². The second-order valence-electron chi connectivity index (χ2n) is 10.9. The molecule has 39 heavy (non-hydrogen) atoms. The van der Waals surface area contributed by atoms with E-state index in [0.717, 1.165) is 74.7 Å². The first-order valence-electron chi connectivity index (χ1n) is 14.3. The van der Waals surface area contributed by atoms with Gasteiger partial charge in [-0.3, -0.25) is 0 Å². The molecule has 5 atom stereocenters. The second-order valence-corrected chi connectivity index (χ2v) is 10.9. The Hall–Kier alpha value is -3.06. The molecular weight excluding hydrogens is 496 g/mol. The minimum atomic E-state index is -0.635. The number of benzene rings is 2. The molecular formula is C32H42O7. The summed E-state index contributed by atoms with van der Waals surface area (Å²) in [6.07, 6.45) is 6.82. The largest absolute Gasteiger partial charge is 0.508 e. The molecule has 4 rings (SSSR count). The average molecular weight is 539 g/mol. The number of esters is 1. The molecule has 1 N–H and O–H groups in total. The van der Waals surface area contributed by atoms with Crippen LogP contribution in [0, 0.1) is 17.8 Å². The van der Waals surface area contributed by atoms with Gasteiger partial charge in [-0.05, 0) is 85.5 Å². The summed E-state index contributed by atoms with van der Waals surface area (Å²) in [5, 5.41) is 11.0. The van der Waals surface area contributed by atoms with Gasteiger partial charge in [-0.1, -0.05) is 62.2 Å². The lowest BCUT2D eigenvalue weighted by molar-refractivity contribution is -0.147. The Labute approximate surface area is 231 Å². The Bertz CT molecular complexity index is 1070. The number of rotatable bonds is 13. The molecule has 1 saturated carbocycles. The number of hydrogen-bond donors (Lipinski definition) is 1. The van der Waals surface area contributed by atoms with Crippen LogP contribution in [0.5, 0.6) is 5.75 Å². The van der Waals surface area contributed by atoms with E-state index in [1.165, 1.54) is 12.7 Å². The lowest BCUT2D eigenvalue weighted by Crippen LogP contribution is -2.29. The van der Waals surface area contributed by atoms with Crippen LogP contribution in [0.15, 0.2) is 48.5 Å². The molecule has 2 aromatic rings. The van der Waals surface area contributed by atoms with Gasteiger partial charge in [0.15, 0.2) is 6.61 Å². The van der Waals surface area contributed by atoms with Crippen molar-refractivity contribution in [3.8, 4) is 5.75 Å². The third-order valence-electron chi connectivity index (χ3n) is 8.32. The standard InChI is InChI=1S/C32H42O7/c1-3-4-6-13-25(39-32(35)36-2)15-16-26-27-17-23-12-9-14-30(28(23)18-24(27)19-29(26)33)37-21-31(34)38-20-22-10-7-5-8-11-22/h5,7-12,14,24-27,29,33H,3-4,6,13,15-21H2,1-2H3/t24?,25?,26?,27?,29-/m1/s1. The normalized spacial score (nSPS) is 22.3. The first kappa shape index (κ1) is 28.9. The lowest BCUT2D eigenvalue weighted by atomic mass is 9.73. The van der Waals surface area contributed by atoms with Crippen molar-refractivity contribution in [2.75, 3.05) is 13.7 Å². The van der Waals surface area contributed by atoms with Crippen molar-refractivity contribution in [2.24, 2.45) is 17.8 Å². The van der Waals surface area contributed by atoms with Crippen LogP contribution < -0.4 is 4.74 Å². The van der Waals surface area contributed by atoms with E-state index in [2.05, 4.69) is 13.0 Å². The summed E-state index contributed by atoms with van der Waals surface area (Å²) in [6.45, 7) is 2.24. The SMILES string of the molecule is CCCCCC(CCC1C2Cc3cccc(OCC(=O)OCc4ccccc4)c3CC2C[C@H]1O)OC(=O)OC. The highest BCUT2D eigenvalue weighted by Crippen LogP contribution is 2.48. The summed E-state index contributed by atoms with van der Waals surface area (Å²) in [6, 6.07) is 15.6. The van der Waals surface area contributed by atoms with E-state index in [1.54, 1.807) is 0 Å². The Kier molecular flexibility index (Phi) is 10.7. The van der Waals surface area contributed by atoms with Crippen LogP contribution in [0.4, 0.5) is 4.79 Å². The summed E-state index contributed by atoms with van der Waals surface area (Å²) >= 11 is 0. The van der Waals surface area contributed by atoms with E-state index in [0.29, 0.717) is 11.8 Å². The Morgan fingerprint density at radius 2 is 1.85 bits per heavy atom. The molecule has 0 amide bonds. The van der Waals surface area contributed by atoms with Gasteiger partial charge in [0.2, 0.25) is 0 Å². The molecule has 2 aliphatic carbocycles. The van der Waals surface area contributed by atoms with Gasteiger partial charge in [0.25, 0.3) is 0 Å². The zero-order valence-corrected chi connectivity index (χ0v) is 23.2. The maximum absolute atomic E-state index is 12.3. The zero-order valence-electron chi connectivity index (χ0n) is 23.2. The molecule has 0 aliphatic heterocycles. The summed E-state index contributed by atoms with van der Waals surface area (Å²) in [5.41, 5.74) is 3.29. The van der Waals surface area contributed by atoms with E-state index in [4.69, 9.17) is 18.9 Å². The fourth-order valence-electron chi connectivity index (χ4n) is 6.30. The number of carbonyl (C=O) groups is 2. The van der Waals surface area contributed by atoms with E-state index in [1.807, 2.05) is 42.5 Å². The average Bonchev–Trinajstić information content (AvgIpc) is 3.26. The molecule has 4 unspecified atom stereocenters. The molecule has 0 saturated heterocycles. The number of ether oxygens (including phenoxy) is 4. The predicted molar refractivity (Wildman–Crippen MR) is 147 cm³/mol. The third-order valence-corrected chi connectivity index (χ3v) is 8.32. The third kappa shape index (κ3) is 7.98. The number of aliphatic hydroxyl groups is 1. The maximum atomic E-state index is 12.3. The molecule has 0 bridgehead atoms. The summed E-state index contributed by atoms with van der Waals surface area (Å²) in [4.78, 5) is 24.1. The zero-order chi connectivity index (χ0) is 27.6. The Morgan fingerprint density at radius 3 is 2.62 bits per heavy atom. The minimum absolute atomic E-state index is 0.137. The number of carbonyl (C=O) groups excluding carboxylic acids is 2. The molecule has 212 valence electrons. The highest BCUT2D eigenvalue weighted by atomic mass is 16.7. The predicted octanol–water partition coefficient (Wildman–Crippen LogP) is 6.03. The highest BCUT2D eigenvalue weighted by Gasteiger charge is 2.45. The van der Waals surface area contributed by atoms with Gasteiger partial charge in [0, 0.05) is 0 Å². The van der Waals surface area contributed by atoms with E-state index >= 15 is 0 Å². The number of methoxy groups -OCH3 is 1. The molecule has 7 heteroatoms. The molecule has 2 aliphatic rings. The second kappa shape index (κ2) is 14.4. The van der Waals surface area contributed by atoms with Gasteiger partial charge in [-0.25, -0.2) is 9.59 Å². The van der Waals surface area contributed by atoms with Crippen molar-refractivity contribution in [2.45, 2.75) is 83.5 Å². The van der Waals surface area contributed by atoms with Crippen molar-refractivity contribution < 1.29 is 33.6 Å². The van der Waals surface area contributed by atoms with Crippen molar-refractivity contribution in [3.63, 3.8) is 0 Å². The van der Waals surface area contributed by atoms with Crippen molar-refractivity contribution in [1.82, 2.24) is 0 Å². The maximum Gasteiger partial charge on any atom is 0.508 e. The van der Waals surface area contributed by atoms with Crippen LogP contribution in [-0.4, -0.2) is 43.2 Å². The van der Waals surface area contributed by atoms with Crippen LogP contribution in [0.1, 0.15) is 68.6 Å². The quantitative estimate of drug-likeness (QED) is 0.246. The lowest BCUT2D eigenvalue weighted by Gasteiger charge is -2.32. The number of fused-ring (bicyclic) bond motifs is 2. The molecule has 0 aromatic heterocycles. The fourth-order valence-corrected chi connectivity index (χ4v) is 6.30. The van der Waals surface area contributed by atoms with Crippen LogP contribution >= 0.6 is 0 Å². The van der Waals surface area contributed by atoms with Crippen LogP contribution in [0.3, 0.4) is 0 Å². The van der Waals surface area contributed by atoms with Gasteiger partial charge >= 0.3 is 12.1 Å². The molecule has 0 heterocycles. The highest BCUT2D eigenvalue weighted by molar-refractivity contribution is 5.71. The van der Waals surface area contributed by atoms with Crippen molar-refractivity contribution >= 4 is 12.1 Å². The Morgan fingerprint density at radius 1 is 1.03 bits per heavy atom. The Balaban J connectivity index is 1.34. The van der Waals surface area contributed by atoms with Gasteiger partial charge in [0.05, 0.1) is 13.2 Å². The van der Waals surface area contributed by atoms with E-state index < -0.39 is 12.1 Å². The van der Waals surface area contributed by atoms with Gasteiger partial charge in [-0.2, -0.15) is 0 Å². The fraction of sp³-hybridized carbons (Fsp3) is 0.562. The first-order chi connectivity index (χ1) is 19.0. The van der Waals surface area contributed by atoms with E-state index in [-0.39, 0.29) is 31.3 Å². The summed E-state index contributed by atoms with van der Waals surface area (Å²) in [5.74, 6) is 1.21. The number of aliphatic hydroxyl groups excluding tert-OH is 1. The first-order valence-corrected chi connectivity index (χ1v) is 14.3. The molecule has 0 spiro atoms. The van der Waals surface area contributed by atoms with Crippen LogP contribution in [0.2, 0.25) is 0 Å². The molecule has 0 radical (unpaired) electrons. The number of hydrogen-bond acceptors (Lipinski definition) is 7. The molecule has 1 fully saturated rings. The minimum Gasteiger partial charge on any atom is -0.482 e. The topological polar surface area (TPSA) is 91.3 Å². The van der Waals surface area contributed by atoms with Crippen LogP contribution in [-0.2, 0) is 38.5 Å². The smallest absolute Gasteiger partial charge is 0.482 e. The molecule has 2 aromatic carbocycles.